The van der Waals surface area contributed by atoms with E-state index in [1.807, 2.05) is 75.4 Å². The van der Waals surface area contributed by atoms with Crippen molar-refractivity contribution < 1.29 is 4.74 Å². The predicted molar refractivity (Wildman–Crippen MR) is 99.4 cm³/mol. The monoisotopic (exact) mass is 335 g/mol. The van der Waals surface area contributed by atoms with Gasteiger partial charge in [0.1, 0.15) is 11.5 Å². The quantitative estimate of drug-likeness (QED) is 0.709. The van der Waals surface area contributed by atoms with E-state index in [1.165, 1.54) is 0 Å². The van der Waals surface area contributed by atoms with Gasteiger partial charge in [-0.3, -0.25) is 0 Å². The topological polar surface area (TPSA) is 72.0 Å². The summed E-state index contributed by atoms with van der Waals surface area (Å²) >= 11 is 0. The summed E-state index contributed by atoms with van der Waals surface area (Å²) in [6.07, 6.45) is 1.59. The van der Waals surface area contributed by atoms with Crippen LogP contribution >= 0.6 is 0 Å². The molecule has 0 radical (unpaired) electrons. The third kappa shape index (κ3) is 5.17. The van der Waals surface area contributed by atoms with Gasteiger partial charge in [0.05, 0.1) is 6.20 Å². The number of aromatic nitrogens is 3. The zero-order valence-corrected chi connectivity index (χ0v) is 14.5. The van der Waals surface area contributed by atoms with Crippen molar-refractivity contribution in [3.05, 3.63) is 60.8 Å². The highest BCUT2D eigenvalue weighted by molar-refractivity contribution is 5.57. The molecule has 0 aliphatic heterocycles. The molecular formula is C19H21N5O. The maximum atomic E-state index is 5.78. The standard InChI is InChI=1S/C19H21N5O/c1-19(2,3)23-18-22-17(13-20-24-18)21-14-9-11-16(12-10-14)25-15-7-5-4-6-8-15/h4-13H,1-3H3,(H2,21,22,23,24). The molecule has 3 rings (SSSR count). The smallest absolute Gasteiger partial charge is 0.245 e. The average molecular weight is 335 g/mol. The van der Waals surface area contributed by atoms with Crippen molar-refractivity contribution in [1.82, 2.24) is 15.2 Å². The Labute approximate surface area is 147 Å². The molecule has 2 N–H and O–H groups in total. The third-order valence-electron chi connectivity index (χ3n) is 3.15. The molecule has 25 heavy (non-hydrogen) atoms. The van der Waals surface area contributed by atoms with E-state index in [0.29, 0.717) is 11.8 Å². The predicted octanol–water partition coefficient (Wildman–Crippen LogP) is 4.62. The Bertz CT molecular complexity index is 813. The highest BCUT2D eigenvalue weighted by Gasteiger charge is 2.12. The Morgan fingerprint density at radius 1 is 0.880 bits per heavy atom. The normalized spacial score (nSPS) is 11.0. The fourth-order valence-electron chi connectivity index (χ4n) is 2.13. The molecule has 0 atom stereocenters. The molecule has 0 aliphatic rings. The lowest BCUT2D eigenvalue weighted by atomic mass is 10.1. The van der Waals surface area contributed by atoms with Gasteiger partial charge in [0.2, 0.25) is 5.95 Å². The van der Waals surface area contributed by atoms with Crippen LogP contribution in [-0.2, 0) is 0 Å². The van der Waals surface area contributed by atoms with E-state index in [2.05, 4.69) is 25.8 Å². The van der Waals surface area contributed by atoms with Crippen molar-refractivity contribution in [1.29, 1.82) is 0 Å². The SMILES string of the molecule is CC(C)(C)Nc1nncc(Nc2ccc(Oc3ccccc3)cc2)n1. The van der Waals surface area contributed by atoms with Gasteiger partial charge in [0.15, 0.2) is 5.82 Å². The van der Waals surface area contributed by atoms with Crippen molar-refractivity contribution in [2.24, 2.45) is 0 Å². The third-order valence-corrected chi connectivity index (χ3v) is 3.15. The van der Waals surface area contributed by atoms with Crippen LogP contribution in [0.15, 0.2) is 60.8 Å². The van der Waals surface area contributed by atoms with E-state index in [1.54, 1.807) is 6.20 Å². The Hall–Kier alpha value is -3.15. The Kier molecular flexibility index (Phi) is 4.79. The molecule has 0 saturated heterocycles. The first-order valence-corrected chi connectivity index (χ1v) is 8.06. The van der Waals surface area contributed by atoms with Gasteiger partial charge in [-0.2, -0.15) is 10.1 Å². The van der Waals surface area contributed by atoms with Crippen LogP contribution in [0.4, 0.5) is 17.5 Å². The van der Waals surface area contributed by atoms with Crippen molar-refractivity contribution >= 4 is 17.5 Å². The summed E-state index contributed by atoms with van der Waals surface area (Å²) in [6, 6.07) is 17.3. The van der Waals surface area contributed by atoms with Crippen LogP contribution in [0.25, 0.3) is 0 Å². The summed E-state index contributed by atoms with van der Waals surface area (Å²) in [7, 11) is 0. The van der Waals surface area contributed by atoms with Crippen molar-refractivity contribution in [2.45, 2.75) is 26.3 Å². The average Bonchev–Trinajstić information content (AvgIpc) is 2.56. The molecule has 0 bridgehead atoms. The molecular weight excluding hydrogens is 314 g/mol. The molecule has 0 fully saturated rings. The summed E-state index contributed by atoms with van der Waals surface area (Å²) in [6.45, 7) is 6.13. The van der Waals surface area contributed by atoms with Crippen molar-refractivity contribution in [2.75, 3.05) is 10.6 Å². The largest absolute Gasteiger partial charge is 0.457 e. The molecule has 0 aliphatic carbocycles. The van der Waals surface area contributed by atoms with E-state index >= 15 is 0 Å². The number of hydrogen-bond acceptors (Lipinski definition) is 6. The van der Waals surface area contributed by atoms with Crippen LogP contribution in [-0.4, -0.2) is 20.7 Å². The molecule has 0 unspecified atom stereocenters. The molecule has 1 aromatic heterocycles. The highest BCUT2D eigenvalue weighted by atomic mass is 16.5. The minimum absolute atomic E-state index is 0.128. The fraction of sp³-hybridized carbons (Fsp3) is 0.211. The fourth-order valence-corrected chi connectivity index (χ4v) is 2.13. The van der Waals surface area contributed by atoms with Gasteiger partial charge in [-0.1, -0.05) is 18.2 Å². The lowest BCUT2D eigenvalue weighted by Gasteiger charge is -2.20. The van der Waals surface area contributed by atoms with Crippen molar-refractivity contribution in [3.8, 4) is 11.5 Å². The van der Waals surface area contributed by atoms with Crippen LogP contribution in [0.5, 0.6) is 11.5 Å². The van der Waals surface area contributed by atoms with Gasteiger partial charge in [-0.05, 0) is 57.2 Å². The van der Waals surface area contributed by atoms with Crippen LogP contribution in [0.3, 0.4) is 0 Å². The van der Waals surface area contributed by atoms with Crippen LogP contribution < -0.4 is 15.4 Å². The lowest BCUT2D eigenvalue weighted by Crippen LogP contribution is -2.27. The maximum Gasteiger partial charge on any atom is 0.245 e. The first-order valence-electron chi connectivity index (χ1n) is 8.06. The molecule has 0 amide bonds. The lowest BCUT2D eigenvalue weighted by molar-refractivity contribution is 0.483. The van der Waals surface area contributed by atoms with Gasteiger partial charge in [0.25, 0.3) is 0 Å². The molecule has 3 aromatic rings. The van der Waals surface area contributed by atoms with Crippen LogP contribution in [0, 0.1) is 0 Å². The first kappa shape index (κ1) is 16.7. The molecule has 0 spiro atoms. The first-order chi connectivity index (χ1) is 12.0. The molecule has 2 aromatic carbocycles. The minimum atomic E-state index is -0.128. The number of para-hydroxylation sites is 1. The summed E-state index contributed by atoms with van der Waals surface area (Å²) in [5.74, 6) is 2.69. The van der Waals surface area contributed by atoms with E-state index < -0.39 is 0 Å². The second-order valence-electron chi connectivity index (χ2n) is 6.60. The number of anilines is 3. The van der Waals surface area contributed by atoms with Gasteiger partial charge in [-0.15, -0.1) is 5.10 Å². The molecule has 0 saturated carbocycles. The molecule has 1 heterocycles. The number of ether oxygens (including phenoxy) is 1. The summed E-state index contributed by atoms with van der Waals surface area (Å²) < 4.78 is 5.78. The van der Waals surface area contributed by atoms with Crippen LogP contribution in [0.1, 0.15) is 20.8 Å². The Morgan fingerprint density at radius 2 is 1.56 bits per heavy atom. The number of rotatable bonds is 5. The maximum absolute atomic E-state index is 5.78. The zero-order chi connectivity index (χ0) is 17.7. The number of hydrogen-bond donors (Lipinski definition) is 2. The minimum Gasteiger partial charge on any atom is -0.457 e. The van der Waals surface area contributed by atoms with Gasteiger partial charge in [0, 0.05) is 11.2 Å². The molecule has 128 valence electrons. The number of nitrogens with zero attached hydrogens (tertiary/aromatic N) is 3. The second kappa shape index (κ2) is 7.17. The van der Waals surface area contributed by atoms with E-state index in [-0.39, 0.29) is 5.54 Å². The van der Waals surface area contributed by atoms with E-state index in [4.69, 9.17) is 4.74 Å². The number of benzene rings is 2. The van der Waals surface area contributed by atoms with Crippen LogP contribution in [0.2, 0.25) is 0 Å². The van der Waals surface area contributed by atoms with E-state index in [0.717, 1.165) is 17.2 Å². The zero-order valence-electron chi connectivity index (χ0n) is 14.5. The molecule has 6 heteroatoms. The second-order valence-corrected chi connectivity index (χ2v) is 6.60. The van der Waals surface area contributed by atoms with E-state index in [9.17, 15) is 0 Å². The van der Waals surface area contributed by atoms with Gasteiger partial charge >= 0.3 is 0 Å². The Balaban J connectivity index is 1.66. The summed E-state index contributed by atoms with van der Waals surface area (Å²) in [5.41, 5.74) is 0.763. The van der Waals surface area contributed by atoms with Crippen molar-refractivity contribution in [3.63, 3.8) is 0 Å². The number of nitrogens with one attached hydrogen (secondary N) is 2. The molecule has 6 nitrogen and oxygen atoms in total. The summed E-state index contributed by atoms with van der Waals surface area (Å²) in [5, 5.41) is 14.4. The highest BCUT2D eigenvalue weighted by Crippen LogP contribution is 2.24. The van der Waals surface area contributed by atoms with Gasteiger partial charge in [-0.25, -0.2) is 0 Å². The summed E-state index contributed by atoms with van der Waals surface area (Å²) in [4.78, 5) is 4.42. The Morgan fingerprint density at radius 3 is 2.24 bits per heavy atom. The van der Waals surface area contributed by atoms with Gasteiger partial charge < -0.3 is 15.4 Å².